The SMILES string of the molecule is CCOC(=O)c1ccc(NC(=O)CCNc2ccc(NC(C)=O)cc2)cc1. The van der Waals surface area contributed by atoms with E-state index in [1.165, 1.54) is 6.92 Å². The molecule has 7 heteroatoms. The highest BCUT2D eigenvalue weighted by molar-refractivity contribution is 5.93. The van der Waals surface area contributed by atoms with Gasteiger partial charge in [-0.2, -0.15) is 0 Å². The summed E-state index contributed by atoms with van der Waals surface area (Å²) in [5.74, 6) is -0.645. The lowest BCUT2D eigenvalue weighted by Crippen LogP contribution is -2.16. The van der Waals surface area contributed by atoms with Gasteiger partial charge in [0.15, 0.2) is 0 Å². The first kappa shape index (κ1) is 20.0. The highest BCUT2D eigenvalue weighted by Gasteiger charge is 2.07. The van der Waals surface area contributed by atoms with Crippen LogP contribution < -0.4 is 16.0 Å². The number of anilines is 3. The van der Waals surface area contributed by atoms with Crippen LogP contribution in [0.3, 0.4) is 0 Å². The Bertz CT molecular complexity index is 786. The number of hydrogen-bond acceptors (Lipinski definition) is 5. The van der Waals surface area contributed by atoms with Gasteiger partial charge < -0.3 is 20.7 Å². The second-order valence-corrected chi connectivity index (χ2v) is 5.78. The third kappa shape index (κ3) is 6.81. The molecule has 7 nitrogen and oxygen atoms in total. The molecule has 142 valence electrons. The Morgan fingerprint density at radius 3 is 2.00 bits per heavy atom. The molecular weight excluding hydrogens is 346 g/mol. The maximum Gasteiger partial charge on any atom is 0.338 e. The molecule has 2 aromatic carbocycles. The van der Waals surface area contributed by atoms with Crippen LogP contribution in [0, 0.1) is 0 Å². The first-order chi connectivity index (χ1) is 13.0. The molecule has 0 atom stereocenters. The average Bonchev–Trinajstić information content (AvgIpc) is 2.63. The fraction of sp³-hybridized carbons (Fsp3) is 0.250. The summed E-state index contributed by atoms with van der Waals surface area (Å²) < 4.78 is 4.92. The molecule has 0 aliphatic rings. The Balaban J connectivity index is 1.76. The summed E-state index contributed by atoms with van der Waals surface area (Å²) in [7, 11) is 0. The number of rotatable bonds is 8. The minimum atomic E-state index is -0.385. The smallest absolute Gasteiger partial charge is 0.338 e. The number of amides is 2. The van der Waals surface area contributed by atoms with Crippen molar-refractivity contribution >= 4 is 34.8 Å². The van der Waals surface area contributed by atoms with Crippen LogP contribution in [0.25, 0.3) is 0 Å². The Morgan fingerprint density at radius 1 is 0.852 bits per heavy atom. The standard InChI is InChI=1S/C20H23N3O4/c1-3-27-20(26)15-4-6-18(7-5-15)23-19(25)12-13-21-16-8-10-17(11-9-16)22-14(2)24/h4-11,21H,3,12-13H2,1-2H3,(H,22,24)(H,23,25). The molecule has 0 saturated carbocycles. The van der Waals surface area contributed by atoms with Crippen LogP contribution >= 0.6 is 0 Å². The summed E-state index contributed by atoms with van der Waals surface area (Å²) in [5.41, 5.74) is 2.64. The zero-order valence-electron chi connectivity index (χ0n) is 15.4. The molecule has 2 rings (SSSR count). The molecule has 2 aromatic rings. The van der Waals surface area contributed by atoms with E-state index >= 15 is 0 Å². The molecule has 0 aromatic heterocycles. The summed E-state index contributed by atoms with van der Waals surface area (Å²) in [6, 6.07) is 13.8. The van der Waals surface area contributed by atoms with E-state index < -0.39 is 0 Å². The van der Waals surface area contributed by atoms with E-state index in [0.717, 1.165) is 11.4 Å². The van der Waals surface area contributed by atoms with Crippen molar-refractivity contribution in [3.63, 3.8) is 0 Å². The third-order valence-corrected chi connectivity index (χ3v) is 3.57. The monoisotopic (exact) mass is 369 g/mol. The molecule has 0 saturated heterocycles. The van der Waals surface area contributed by atoms with Gasteiger partial charge in [0.05, 0.1) is 12.2 Å². The molecule has 0 aliphatic heterocycles. The van der Waals surface area contributed by atoms with Crippen LogP contribution in [-0.2, 0) is 14.3 Å². The summed E-state index contributed by atoms with van der Waals surface area (Å²) >= 11 is 0. The number of ether oxygens (including phenoxy) is 1. The number of esters is 1. The van der Waals surface area contributed by atoms with Gasteiger partial charge in [0.2, 0.25) is 11.8 Å². The van der Waals surface area contributed by atoms with Gasteiger partial charge in [0.25, 0.3) is 0 Å². The van der Waals surface area contributed by atoms with Gasteiger partial charge in [-0.3, -0.25) is 9.59 Å². The lowest BCUT2D eigenvalue weighted by Gasteiger charge is -2.09. The van der Waals surface area contributed by atoms with E-state index in [1.807, 2.05) is 12.1 Å². The van der Waals surface area contributed by atoms with Crippen LogP contribution in [0.4, 0.5) is 17.1 Å². The molecule has 0 fully saturated rings. The molecule has 0 heterocycles. The van der Waals surface area contributed by atoms with Crippen LogP contribution in [0.15, 0.2) is 48.5 Å². The highest BCUT2D eigenvalue weighted by Crippen LogP contribution is 2.14. The molecule has 0 radical (unpaired) electrons. The quantitative estimate of drug-likeness (QED) is 0.621. The second kappa shape index (κ2) is 9.96. The van der Waals surface area contributed by atoms with Crippen molar-refractivity contribution in [2.75, 3.05) is 29.1 Å². The average molecular weight is 369 g/mol. The maximum absolute atomic E-state index is 12.0. The summed E-state index contributed by atoms with van der Waals surface area (Å²) in [6.07, 6.45) is 0.285. The van der Waals surface area contributed by atoms with Crippen molar-refractivity contribution in [1.29, 1.82) is 0 Å². The van der Waals surface area contributed by atoms with Crippen LogP contribution in [0.2, 0.25) is 0 Å². The first-order valence-electron chi connectivity index (χ1n) is 8.66. The number of hydrogen-bond donors (Lipinski definition) is 3. The van der Waals surface area contributed by atoms with E-state index in [0.29, 0.717) is 24.4 Å². The van der Waals surface area contributed by atoms with Gasteiger partial charge in [0.1, 0.15) is 0 Å². The van der Waals surface area contributed by atoms with Gasteiger partial charge in [0, 0.05) is 37.0 Å². The molecule has 0 unspecified atom stereocenters. The molecule has 3 N–H and O–H groups in total. The van der Waals surface area contributed by atoms with Gasteiger partial charge in [-0.1, -0.05) is 0 Å². The lowest BCUT2D eigenvalue weighted by atomic mass is 10.2. The fourth-order valence-corrected chi connectivity index (χ4v) is 2.32. The molecule has 0 spiro atoms. The summed E-state index contributed by atoms with van der Waals surface area (Å²) in [6.45, 7) is 3.99. The predicted octanol–water partition coefficient (Wildman–Crippen LogP) is 3.26. The first-order valence-corrected chi connectivity index (χ1v) is 8.66. The van der Waals surface area contributed by atoms with E-state index in [4.69, 9.17) is 4.74 Å². The Morgan fingerprint density at radius 2 is 1.41 bits per heavy atom. The normalized spacial score (nSPS) is 10.0. The van der Waals surface area contributed by atoms with Gasteiger partial charge in [-0.25, -0.2) is 4.79 Å². The van der Waals surface area contributed by atoms with Gasteiger partial charge in [-0.15, -0.1) is 0 Å². The van der Waals surface area contributed by atoms with E-state index in [2.05, 4.69) is 16.0 Å². The third-order valence-electron chi connectivity index (χ3n) is 3.57. The van der Waals surface area contributed by atoms with E-state index in [1.54, 1.807) is 43.3 Å². The fourth-order valence-electron chi connectivity index (χ4n) is 2.32. The number of benzene rings is 2. The van der Waals surface area contributed by atoms with Gasteiger partial charge in [-0.05, 0) is 55.5 Å². The minimum absolute atomic E-state index is 0.123. The number of carbonyl (C=O) groups is 3. The summed E-state index contributed by atoms with van der Waals surface area (Å²) in [4.78, 5) is 34.6. The van der Waals surface area contributed by atoms with Crippen molar-refractivity contribution < 1.29 is 19.1 Å². The van der Waals surface area contributed by atoms with Crippen molar-refractivity contribution in [2.45, 2.75) is 20.3 Å². The molecule has 0 aliphatic carbocycles. The molecule has 2 amide bonds. The highest BCUT2D eigenvalue weighted by atomic mass is 16.5. The van der Waals surface area contributed by atoms with Crippen LogP contribution in [0.5, 0.6) is 0 Å². The van der Waals surface area contributed by atoms with E-state index in [9.17, 15) is 14.4 Å². The molecular formula is C20H23N3O4. The largest absolute Gasteiger partial charge is 0.462 e. The Labute approximate surface area is 158 Å². The minimum Gasteiger partial charge on any atom is -0.462 e. The topological polar surface area (TPSA) is 96.5 Å². The van der Waals surface area contributed by atoms with Crippen molar-refractivity contribution in [2.24, 2.45) is 0 Å². The molecule has 0 bridgehead atoms. The Kier molecular flexibility index (Phi) is 7.37. The second-order valence-electron chi connectivity index (χ2n) is 5.78. The zero-order valence-corrected chi connectivity index (χ0v) is 15.4. The van der Waals surface area contributed by atoms with Crippen molar-refractivity contribution in [1.82, 2.24) is 0 Å². The van der Waals surface area contributed by atoms with Crippen molar-refractivity contribution in [3.05, 3.63) is 54.1 Å². The van der Waals surface area contributed by atoms with Crippen LogP contribution in [-0.4, -0.2) is 30.9 Å². The maximum atomic E-state index is 12.0. The Hall–Kier alpha value is -3.35. The number of carbonyl (C=O) groups excluding carboxylic acids is 3. The van der Waals surface area contributed by atoms with Crippen LogP contribution in [0.1, 0.15) is 30.6 Å². The predicted molar refractivity (Wildman–Crippen MR) is 105 cm³/mol. The number of nitrogens with one attached hydrogen (secondary N) is 3. The summed E-state index contributed by atoms with van der Waals surface area (Å²) in [5, 5.41) is 8.62. The molecule has 27 heavy (non-hydrogen) atoms. The lowest BCUT2D eigenvalue weighted by molar-refractivity contribution is -0.116. The van der Waals surface area contributed by atoms with Gasteiger partial charge >= 0.3 is 5.97 Å². The van der Waals surface area contributed by atoms with E-state index in [-0.39, 0.29) is 24.2 Å². The van der Waals surface area contributed by atoms with Crippen molar-refractivity contribution in [3.8, 4) is 0 Å². The zero-order chi connectivity index (χ0) is 19.6.